The van der Waals surface area contributed by atoms with E-state index in [1.165, 1.54) is 4.88 Å². The van der Waals surface area contributed by atoms with Crippen molar-refractivity contribution >= 4 is 27.3 Å². The lowest BCUT2D eigenvalue weighted by molar-refractivity contribution is -0.00692. The Kier molecular flexibility index (Phi) is 5.26. The van der Waals surface area contributed by atoms with Gasteiger partial charge in [0.15, 0.2) is 0 Å². The normalized spacial score (nSPS) is 15.6. The van der Waals surface area contributed by atoms with E-state index in [1.54, 1.807) is 11.3 Å². The van der Waals surface area contributed by atoms with Crippen LogP contribution in [0.15, 0.2) is 15.9 Å². The molecule has 0 aliphatic rings. The molecular formula is C11H18BrNOS. The largest absolute Gasteiger partial charge is 0.368 e. The van der Waals surface area contributed by atoms with Gasteiger partial charge in [-0.25, -0.2) is 0 Å². The van der Waals surface area contributed by atoms with E-state index in [9.17, 15) is 0 Å². The summed E-state index contributed by atoms with van der Waals surface area (Å²) in [5.41, 5.74) is 6.07. The number of hydrogen-bond donors (Lipinski definition) is 1. The maximum Gasteiger partial charge on any atom is 0.107 e. The molecule has 0 fully saturated rings. The Morgan fingerprint density at radius 1 is 1.53 bits per heavy atom. The van der Waals surface area contributed by atoms with E-state index in [-0.39, 0.29) is 18.2 Å². The first-order valence-corrected chi connectivity index (χ1v) is 6.86. The van der Waals surface area contributed by atoms with Gasteiger partial charge in [0.05, 0.1) is 6.10 Å². The van der Waals surface area contributed by atoms with Crippen molar-refractivity contribution in [1.82, 2.24) is 0 Å². The van der Waals surface area contributed by atoms with Crippen LogP contribution in [0.2, 0.25) is 0 Å². The summed E-state index contributed by atoms with van der Waals surface area (Å²) in [4.78, 5) is 1.20. The van der Waals surface area contributed by atoms with Crippen LogP contribution < -0.4 is 5.73 Å². The van der Waals surface area contributed by atoms with Crippen LogP contribution in [0.4, 0.5) is 0 Å². The van der Waals surface area contributed by atoms with E-state index >= 15 is 0 Å². The standard InChI is InChI=1S/C11H18BrNOS/c1-4-9(13)11(14-7(2)3)10-5-8(12)6-15-10/h5-7,9,11H,4,13H2,1-3H3. The Morgan fingerprint density at radius 3 is 2.60 bits per heavy atom. The molecule has 15 heavy (non-hydrogen) atoms. The lowest BCUT2D eigenvalue weighted by atomic mass is 10.1. The van der Waals surface area contributed by atoms with Gasteiger partial charge in [0.2, 0.25) is 0 Å². The fraction of sp³-hybridized carbons (Fsp3) is 0.636. The minimum absolute atomic E-state index is 0.0197. The number of nitrogens with two attached hydrogens (primary N) is 1. The van der Waals surface area contributed by atoms with Crippen LogP contribution in [0.5, 0.6) is 0 Å². The monoisotopic (exact) mass is 291 g/mol. The molecule has 0 saturated carbocycles. The summed E-state index contributed by atoms with van der Waals surface area (Å²) in [5, 5.41) is 2.06. The number of thiophene rings is 1. The maximum atomic E-state index is 6.07. The minimum atomic E-state index is 0.0197. The Bertz CT molecular complexity index is 301. The average Bonchev–Trinajstić information content (AvgIpc) is 2.59. The maximum absolute atomic E-state index is 6.07. The Balaban J connectivity index is 2.80. The van der Waals surface area contributed by atoms with E-state index in [0.29, 0.717) is 0 Å². The van der Waals surface area contributed by atoms with Crippen molar-refractivity contribution in [3.05, 3.63) is 20.8 Å². The highest BCUT2D eigenvalue weighted by Gasteiger charge is 2.21. The van der Waals surface area contributed by atoms with E-state index in [2.05, 4.69) is 34.3 Å². The fourth-order valence-electron chi connectivity index (χ4n) is 1.36. The van der Waals surface area contributed by atoms with Gasteiger partial charge in [0.1, 0.15) is 6.10 Å². The van der Waals surface area contributed by atoms with Crippen LogP contribution in [0, 0.1) is 0 Å². The first-order chi connectivity index (χ1) is 7.04. The number of ether oxygens (including phenoxy) is 1. The SMILES string of the molecule is CCC(N)C(OC(C)C)c1cc(Br)cs1. The number of rotatable bonds is 5. The molecular weight excluding hydrogens is 274 g/mol. The van der Waals surface area contributed by atoms with E-state index in [1.807, 2.05) is 13.8 Å². The van der Waals surface area contributed by atoms with Crippen molar-refractivity contribution < 1.29 is 4.74 Å². The molecule has 0 bridgehead atoms. The fourth-order valence-corrected chi connectivity index (χ4v) is 2.92. The van der Waals surface area contributed by atoms with Crippen molar-refractivity contribution in [2.45, 2.75) is 45.4 Å². The predicted molar refractivity (Wildman–Crippen MR) is 69.2 cm³/mol. The zero-order valence-electron chi connectivity index (χ0n) is 9.37. The second-order valence-corrected chi connectivity index (χ2v) is 5.70. The molecule has 0 aliphatic carbocycles. The second kappa shape index (κ2) is 5.99. The predicted octanol–water partition coefficient (Wildman–Crippen LogP) is 3.71. The van der Waals surface area contributed by atoms with Crippen molar-refractivity contribution in [2.24, 2.45) is 5.73 Å². The van der Waals surface area contributed by atoms with Crippen molar-refractivity contribution in [3.8, 4) is 0 Å². The third kappa shape index (κ3) is 3.87. The highest BCUT2D eigenvalue weighted by molar-refractivity contribution is 9.10. The molecule has 0 aromatic carbocycles. The summed E-state index contributed by atoms with van der Waals surface area (Å²) in [6.07, 6.45) is 1.15. The van der Waals surface area contributed by atoms with Gasteiger partial charge in [-0.05, 0) is 42.3 Å². The van der Waals surface area contributed by atoms with Gasteiger partial charge < -0.3 is 10.5 Å². The van der Waals surface area contributed by atoms with Crippen molar-refractivity contribution in [2.75, 3.05) is 0 Å². The van der Waals surface area contributed by atoms with Gasteiger partial charge in [0.25, 0.3) is 0 Å². The molecule has 0 amide bonds. The van der Waals surface area contributed by atoms with Crippen molar-refractivity contribution in [3.63, 3.8) is 0 Å². The molecule has 1 aromatic rings. The van der Waals surface area contributed by atoms with Crippen LogP contribution in [0.25, 0.3) is 0 Å². The van der Waals surface area contributed by atoms with E-state index < -0.39 is 0 Å². The lowest BCUT2D eigenvalue weighted by Gasteiger charge is -2.24. The average molecular weight is 292 g/mol. The molecule has 1 aromatic heterocycles. The molecule has 2 N–H and O–H groups in total. The third-order valence-corrected chi connectivity index (χ3v) is 3.90. The number of halogens is 1. The lowest BCUT2D eigenvalue weighted by Crippen LogP contribution is -2.30. The molecule has 0 saturated heterocycles. The smallest absolute Gasteiger partial charge is 0.107 e. The van der Waals surface area contributed by atoms with Gasteiger partial charge >= 0.3 is 0 Å². The molecule has 2 unspecified atom stereocenters. The first-order valence-electron chi connectivity index (χ1n) is 5.19. The molecule has 2 atom stereocenters. The van der Waals surface area contributed by atoms with E-state index in [0.717, 1.165) is 10.9 Å². The van der Waals surface area contributed by atoms with Crippen LogP contribution in [0.3, 0.4) is 0 Å². The molecule has 2 nitrogen and oxygen atoms in total. The third-order valence-electron chi connectivity index (χ3n) is 2.15. The van der Waals surface area contributed by atoms with Crippen LogP contribution in [-0.4, -0.2) is 12.1 Å². The highest BCUT2D eigenvalue weighted by Crippen LogP contribution is 2.31. The van der Waals surface area contributed by atoms with Gasteiger partial charge in [0, 0.05) is 20.8 Å². The summed E-state index contributed by atoms with van der Waals surface area (Å²) in [6.45, 7) is 6.17. The van der Waals surface area contributed by atoms with Crippen LogP contribution in [-0.2, 0) is 4.74 Å². The molecule has 4 heteroatoms. The molecule has 1 rings (SSSR count). The quantitative estimate of drug-likeness (QED) is 0.897. The molecule has 86 valence electrons. The Morgan fingerprint density at radius 2 is 2.20 bits per heavy atom. The summed E-state index contributed by atoms with van der Waals surface area (Å²) in [6, 6.07) is 2.16. The van der Waals surface area contributed by atoms with Crippen molar-refractivity contribution in [1.29, 1.82) is 0 Å². The van der Waals surface area contributed by atoms with Gasteiger partial charge in [-0.15, -0.1) is 11.3 Å². The summed E-state index contributed by atoms with van der Waals surface area (Å²) in [5.74, 6) is 0. The van der Waals surface area contributed by atoms with Gasteiger partial charge in [-0.1, -0.05) is 6.92 Å². The van der Waals surface area contributed by atoms with Gasteiger partial charge in [-0.2, -0.15) is 0 Å². The van der Waals surface area contributed by atoms with E-state index in [4.69, 9.17) is 10.5 Å². The summed E-state index contributed by atoms with van der Waals surface area (Å²) in [7, 11) is 0. The second-order valence-electron chi connectivity index (χ2n) is 3.84. The first kappa shape index (κ1) is 13.2. The summed E-state index contributed by atoms with van der Waals surface area (Å²) >= 11 is 5.14. The minimum Gasteiger partial charge on any atom is -0.368 e. The number of hydrogen-bond acceptors (Lipinski definition) is 3. The van der Waals surface area contributed by atoms with Crippen LogP contribution >= 0.6 is 27.3 Å². The van der Waals surface area contributed by atoms with Gasteiger partial charge in [-0.3, -0.25) is 0 Å². The molecule has 0 spiro atoms. The summed E-state index contributed by atoms with van der Waals surface area (Å²) < 4.78 is 6.97. The highest BCUT2D eigenvalue weighted by atomic mass is 79.9. The molecule has 1 heterocycles. The molecule has 0 aliphatic heterocycles. The van der Waals surface area contributed by atoms with Crippen LogP contribution in [0.1, 0.15) is 38.2 Å². The topological polar surface area (TPSA) is 35.2 Å². The zero-order valence-corrected chi connectivity index (χ0v) is 11.8. The Labute approximate surface area is 104 Å². The zero-order chi connectivity index (χ0) is 11.4. The Hall–Kier alpha value is 0.1000. The molecule has 0 radical (unpaired) electrons.